The molecule has 0 saturated carbocycles. The lowest BCUT2D eigenvalue weighted by molar-refractivity contribution is -0.197. The fraction of sp³-hybridized carbons (Fsp3) is 0.632. The molecule has 1 amide bonds. The lowest BCUT2D eigenvalue weighted by Crippen LogP contribution is -2.45. The fourth-order valence-electron chi connectivity index (χ4n) is 3.35. The molecule has 1 saturated heterocycles. The van der Waals surface area contributed by atoms with Gasteiger partial charge in [0, 0.05) is 25.6 Å². The Hall–Kier alpha value is -1.99. The molecule has 1 aliphatic rings. The number of likely N-dealkylation sites (tertiary alicyclic amines) is 1. The minimum atomic E-state index is -4.97. The van der Waals surface area contributed by atoms with Gasteiger partial charge in [-0.05, 0) is 38.5 Å². The molecule has 0 aliphatic carbocycles. The molecule has 13 heteroatoms. The molecule has 182 valence electrons. The van der Waals surface area contributed by atoms with Crippen LogP contribution in [0.5, 0.6) is 0 Å². The summed E-state index contributed by atoms with van der Waals surface area (Å²) in [5.41, 5.74) is -0.593. The Kier molecular flexibility index (Phi) is 7.78. The Morgan fingerprint density at radius 2 is 1.81 bits per heavy atom. The maximum Gasteiger partial charge on any atom is 0.417 e. The van der Waals surface area contributed by atoms with Crippen molar-refractivity contribution in [1.29, 1.82) is 0 Å². The number of rotatable bonds is 6. The predicted octanol–water partition coefficient (Wildman–Crippen LogP) is 3.16. The molecule has 7 nitrogen and oxygen atoms in total. The topological polar surface area (TPSA) is 84.9 Å². The highest BCUT2D eigenvalue weighted by atomic mass is 32.2. The normalized spacial score (nSPS) is 21.4. The van der Waals surface area contributed by atoms with Crippen LogP contribution in [-0.4, -0.2) is 69.2 Å². The van der Waals surface area contributed by atoms with E-state index in [-0.39, 0.29) is 18.7 Å². The van der Waals surface area contributed by atoms with E-state index in [9.17, 15) is 35.2 Å². The number of carbonyl (C=O) groups excluding carboxylic acids is 1. The van der Waals surface area contributed by atoms with Gasteiger partial charge in [-0.3, -0.25) is 9.08 Å². The van der Waals surface area contributed by atoms with Crippen molar-refractivity contribution in [3.63, 3.8) is 0 Å². The number of hydrogen-bond acceptors (Lipinski definition) is 6. The zero-order valence-electron chi connectivity index (χ0n) is 17.9. The van der Waals surface area contributed by atoms with Gasteiger partial charge in [-0.2, -0.15) is 21.6 Å². The molecule has 1 heterocycles. The molecule has 3 atom stereocenters. The number of ether oxygens (including phenoxy) is 1. The molecule has 1 aliphatic heterocycles. The van der Waals surface area contributed by atoms with E-state index in [4.69, 9.17) is 4.74 Å². The summed E-state index contributed by atoms with van der Waals surface area (Å²) in [6.45, 7) is 3.78. The van der Waals surface area contributed by atoms with Crippen molar-refractivity contribution in [2.75, 3.05) is 25.9 Å². The molecule has 1 unspecified atom stereocenters. The second-order valence-electron chi connectivity index (χ2n) is 8.58. The van der Waals surface area contributed by atoms with Crippen LogP contribution >= 0.6 is 0 Å². The van der Waals surface area contributed by atoms with Crippen molar-refractivity contribution < 1.29 is 44.1 Å². The minimum absolute atomic E-state index is 0.106. The van der Waals surface area contributed by atoms with E-state index in [1.807, 2.05) is 0 Å². The Bertz CT molecular complexity index is 933. The van der Waals surface area contributed by atoms with Gasteiger partial charge in [0.2, 0.25) is 0 Å². The van der Waals surface area contributed by atoms with Crippen LogP contribution in [-0.2, 0) is 19.0 Å². The van der Waals surface area contributed by atoms with Gasteiger partial charge < -0.3 is 10.1 Å². The number of amides is 1. The summed E-state index contributed by atoms with van der Waals surface area (Å²) in [4.78, 5) is 13.5. The minimum Gasteiger partial charge on any atom is -0.444 e. The number of carbonyl (C=O) groups is 1. The number of halogens is 5. The maximum absolute atomic E-state index is 13.8. The summed E-state index contributed by atoms with van der Waals surface area (Å²) in [6.07, 6.45) is -7.94. The Morgan fingerprint density at radius 3 is 2.31 bits per heavy atom. The van der Waals surface area contributed by atoms with Gasteiger partial charge >= 0.3 is 12.3 Å². The van der Waals surface area contributed by atoms with Crippen molar-refractivity contribution >= 4 is 16.2 Å². The highest BCUT2D eigenvalue weighted by Gasteiger charge is 2.46. The molecule has 2 rings (SSSR count). The van der Waals surface area contributed by atoms with Crippen molar-refractivity contribution in [3.05, 3.63) is 35.4 Å². The lowest BCUT2D eigenvalue weighted by Gasteiger charge is -2.25. The molecule has 1 aromatic carbocycles. The first-order valence-electron chi connectivity index (χ1n) is 9.56. The van der Waals surface area contributed by atoms with E-state index in [0.717, 1.165) is 12.1 Å². The molecule has 0 aromatic heterocycles. The Balaban J connectivity index is 2.27. The number of nitrogens with one attached hydrogen (secondary N) is 1. The van der Waals surface area contributed by atoms with Gasteiger partial charge in [-0.15, -0.1) is 0 Å². The van der Waals surface area contributed by atoms with E-state index in [0.29, 0.717) is 6.26 Å². The number of nitrogens with zero attached hydrogens (tertiary/aromatic N) is 1. The predicted molar refractivity (Wildman–Crippen MR) is 104 cm³/mol. The van der Waals surface area contributed by atoms with Gasteiger partial charge in [-0.1, -0.05) is 6.07 Å². The van der Waals surface area contributed by atoms with Crippen LogP contribution in [0, 0.1) is 11.6 Å². The van der Waals surface area contributed by atoms with E-state index >= 15 is 0 Å². The first-order valence-corrected chi connectivity index (χ1v) is 11.4. The van der Waals surface area contributed by atoms with Crippen LogP contribution in [0.2, 0.25) is 0 Å². The van der Waals surface area contributed by atoms with Crippen LogP contribution in [0.1, 0.15) is 32.3 Å². The van der Waals surface area contributed by atoms with Crippen LogP contribution in [0.25, 0.3) is 0 Å². The van der Waals surface area contributed by atoms with Crippen molar-refractivity contribution in [1.82, 2.24) is 10.2 Å². The van der Waals surface area contributed by atoms with E-state index < -0.39 is 64.2 Å². The molecule has 1 fully saturated rings. The maximum atomic E-state index is 13.8. The fourth-order valence-corrected chi connectivity index (χ4v) is 3.95. The van der Waals surface area contributed by atoms with Gasteiger partial charge in [0.1, 0.15) is 5.60 Å². The van der Waals surface area contributed by atoms with Crippen LogP contribution in [0.4, 0.5) is 26.7 Å². The van der Waals surface area contributed by atoms with Crippen molar-refractivity contribution in [3.8, 4) is 0 Å². The van der Waals surface area contributed by atoms with Gasteiger partial charge in [0.05, 0.1) is 12.3 Å². The summed E-state index contributed by atoms with van der Waals surface area (Å²) in [7, 11) is -4.40. The number of alkyl carbamates (subject to hydrolysis) is 1. The lowest BCUT2D eigenvalue weighted by atomic mass is 9.94. The first-order chi connectivity index (χ1) is 14.4. The largest absolute Gasteiger partial charge is 0.444 e. The van der Waals surface area contributed by atoms with Crippen molar-refractivity contribution in [2.24, 2.45) is 0 Å². The second-order valence-corrected chi connectivity index (χ2v) is 10.2. The van der Waals surface area contributed by atoms with Crippen molar-refractivity contribution in [2.45, 2.75) is 50.6 Å². The van der Waals surface area contributed by atoms with Gasteiger partial charge in [0.25, 0.3) is 10.1 Å². The summed E-state index contributed by atoms with van der Waals surface area (Å²) in [5.74, 6) is -2.96. The molecule has 32 heavy (non-hydrogen) atoms. The molecule has 1 aromatic rings. The van der Waals surface area contributed by atoms with E-state index in [2.05, 4.69) is 9.50 Å². The Labute approximate surface area is 183 Å². The number of benzene rings is 1. The monoisotopic (exact) mass is 488 g/mol. The quantitative estimate of drug-likeness (QED) is 0.489. The highest BCUT2D eigenvalue weighted by Crippen LogP contribution is 2.32. The van der Waals surface area contributed by atoms with E-state index in [1.54, 1.807) is 20.8 Å². The van der Waals surface area contributed by atoms with E-state index in [1.165, 1.54) is 11.0 Å². The summed E-state index contributed by atoms with van der Waals surface area (Å²) in [6, 6.07) is 2.23. The molecule has 1 N–H and O–H groups in total. The second kappa shape index (κ2) is 9.48. The molecule has 0 bridgehead atoms. The third-order valence-corrected chi connectivity index (χ3v) is 5.13. The molecular weight excluding hydrogens is 463 g/mol. The number of alkyl halides is 3. The first kappa shape index (κ1) is 26.3. The number of hydrogen-bond donors (Lipinski definition) is 1. The smallest absolute Gasteiger partial charge is 0.417 e. The summed E-state index contributed by atoms with van der Waals surface area (Å²) < 4.78 is 99.0. The van der Waals surface area contributed by atoms with Crippen LogP contribution in [0.3, 0.4) is 0 Å². The third kappa shape index (κ3) is 7.85. The average molecular weight is 488 g/mol. The van der Waals surface area contributed by atoms with Gasteiger partial charge in [0.15, 0.2) is 17.7 Å². The zero-order valence-corrected chi connectivity index (χ0v) is 18.7. The average Bonchev–Trinajstić information content (AvgIpc) is 2.95. The SMILES string of the molecule is CC(C)(C)OC(=O)N[C@@H]1CN(CC(OS(C)(=O)=O)C(F)(F)F)C[C@H]1c1ccc(F)c(F)c1. The standard InChI is InChI=1S/C19H25F5N2O5S/c1-18(2,3)30-17(27)25-15-9-26(10-16(19(22,23)24)31-32(4,28)29)8-12(15)11-5-6-13(20)14(21)7-11/h5-7,12,15-16H,8-10H2,1-4H3,(H,25,27)/t12-,15+,16?/m0/s1. The van der Waals surface area contributed by atoms with Crippen LogP contribution in [0.15, 0.2) is 18.2 Å². The highest BCUT2D eigenvalue weighted by molar-refractivity contribution is 7.86. The molecular formula is C19H25F5N2O5S. The zero-order chi connectivity index (χ0) is 24.5. The summed E-state index contributed by atoms with van der Waals surface area (Å²) in [5, 5.41) is 2.55. The third-order valence-electron chi connectivity index (χ3n) is 4.55. The van der Waals surface area contributed by atoms with Crippen LogP contribution < -0.4 is 5.32 Å². The molecule has 0 radical (unpaired) electrons. The molecule has 0 spiro atoms. The Morgan fingerprint density at radius 1 is 1.19 bits per heavy atom. The summed E-state index contributed by atoms with van der Waals surface area (Å²) >= 11 is 0. The van der Waals surface area contributed by atoms with Gasteiger partial charge in [-0.25, -0.2) is 13.6 Å².